The molecule has 2 fully saturated rings. The Morgan fingerprint density at radius 2 is 1.86 bits per heavy atom. The second-order valence-electron chi connectivity index (χ2n) is 9.00. The Kier molecular flexibility index (Phi) is 5.88. The molecule has 4 aromatic rings. The zero-order chi connectivity index (χ0) is 23.9. The van der Waals surface area contributed by atoms with Gasteiger partial charge in [-0.1, -0.05) is 23.2 Å². The van der Waals surface area contributed by atoms with Crippen molar-refractivity contribution in [1.82, 2.24) is 34.1 Å². The average Bonchev–Trinajstić information content (AvgIpc) is 3.67. The fourth-order valence-electron chi connectivity index (χ4n) is 4.55. The van der Waals surface area contributed by atoms with Crippen molar-refractivity contribution in [1.29, 1.82) is 0 Å². The predicted molar refractivity (Wildman–Crippen MR) is 134 cm³/mol. The lowest BCUT2D eigenvalue weighted by molar-refractivity contribution is 0.0620. The highest BCUT2D eigenvalue weighted by Gasteiger charge is 2.28. The average molecular weight is 508 g/mol. The van der Waals surface area contributed by atoms with Crippen molar-refractivity contribution in [2.75, 3.05) is 26.2 Å². The Balaban J connectivity index is 1.29. The van der Waals surface area contributed by atoms with E-state index in [1.807, 2.05) is 23.2 Å². The van der Waals surface area contributed by atoms with Gasteiger partial charge in [0.25, 0.3) is 5.91 Å². The van der Waals surface area contributed by atoms with Crippen LogP contribution in [0, 0.1) is 0 Å². The molecule has 2 aliphatic rings. The number of carbonyl (C=O) groups is 1. The van der Waals surface area contributed by atoms with Gasteiger partial charge in [0.15, 0.2) is 5.65 Å². The summed E-state index contributed by atoms with van der Waals surface area (Å²) in [6.07, 6.45) is 11.0. The number of halogens is 2. The van der Waals surface area contributed by atoms with Gasteiger partial charge in [-0.15, -0.1) is 0 Å². The number of carbonyl (C=O) groups excluding carboxylic acids is 1. The van der Waals surface area contributed by atoms with Gasteiger partial charge >= 0.3 is 0 Å². The lowest BCUT2D eigenvalue weighted by Crippen LogP contribution is -2.48. The van der Waals surface area contributed by atoms with Gasteiger partial charge in [0.2, 0.25) is 0 Å². The van der Waals surface area contributed by atoms with Crippen LogP contribution in [0.1, 0.15) is 40.6 Å². The monoisotopic (exact) mass is 507 g/mol. The van der Waals surface area contributed by atoms with Crippen LogP contribution in [0.2, 0.25) is 10.0 Å². The van der Waals surface area contributed by atoms with Crippen molar-refractivity contribution in [3.05, 3.63) is 76.3 Å². The van der Waals surface area contributed by atoms with Crippen molar-refractivity contribution >= 4 is 34.8 Å². The van der Waals surface area contributed by atoms with Crippen molar-refractivity contribution in [2.45, 2.75) is 25.3 Å². The molecule has 0 unspecified atom stereocenters. The topological polar surface area (TPSA) is 79.5 Å². The molecular weight excluding hydrogens is 485 g/mol. The summed E-state index contributed by atoms with van der Waals surface area (Å²) in [5.41, 5.74) is 5.01. The molecule has 0 spiro atoms. The zero-order valence-electron chi connectivity index (χ0n) is 18.9. The van der Waals surface area contributed by atoms with Crippen molar-refractivity contribution < 1.29 is 4.79 Å². The lowest BCUT2D eigenvalue weighted by atomic mass is 10.1. The van der Waals surface area contributed by atoms with Crippen molar-refractivity contribution in [3.8, 4) is 11.3 Å². The number of nitrogens with zero attached hydrogens (tertiary/aromatic N) is 7. The molecule has 1 aliphatic heterocycles. The molecular formula is C25H23Cl2N7O. The smallest absolute Gasteiger partial charge is 0.274 e. The number of benzene rings is 1. The summed E-state index contributed by atoms with van der Waals surface area (Å²) in [6, 6.07) is 5.50. The molecule has 8 nitrogen and oxygen atoms in total. The molecule has 4 heterocycles. The fourth-order valence-corrected chi connectivity index (χ4v) is 5.05. The summed E-state index contributed by atoms with van der Waals surface area (Å²) in [7, 11) is 0. The molecule has 1 aliphatic carbocycles. The van der Waals surface area contributed by atoms with Gasteiger partial charge in [-0.05, 0) is 31.0 Å². The molecule has 178 valence electrons. The second kappa shape index (κ2) is 9.18. The predicted octanol–water partition coefficient (Wildman–Crippen LogP) is 4.33. The summed E-state index contributed by atoms with van der Waals surface area (Å²) in [5.74, 6) is 0.453. The van der Waals surface area contributed by atoms with Gasteiger partial charge in [-0.2, -0.15) is 0 Å². The third-order valence-corrected chi connectivity index (χ3v) is 7.17. The van der Waals surface area contributed by atoms with Crippen LogP contribution in [0.25, 0.3) is 16.9 Å². The quantitative estimate of drug-likeness (QED) is 0.400. The maximum atomic E-state index is 12.8. The Hall–Kier alpha value is -3.07. The molecule has 0 bridgehead atoms. The van der Waals surface area contributed by atoms with E-state index in [2.05, 4.69) is 30.4 Å². The minimum absolute atomic E-state index is 0.0821. The number of hydrogen-bond donors (Lipinski definition) is 0. The Morgan fingerprint density at radius 1 is 1.03 bits per heavy atom. The lowest BCUT2D eigenvalue weighted by Gasteiger charge is -2.34. The number of aromatic nitrogens is 5. The summed E-state index contributed by atoms with van der Waals surface area (Å²) < 4.78 is 2.15. The number of imidazole rings is 1. The van der Waals surface area contributed by atoms with Crippen LogP contribution in [0.4, 0.5) is 0 Å². The van der Waals surface area contributed by atoms with Crippen LogP contribution in [0.15, 0.2) is 49.2 Å². The third kappa shape index (κ3) is 4.49. The molecule has 1 saturated carbocycles. The van der Waals surface area contributed by atoms with E-state index < -0.39 is 0 Å². The normalized spacial score (nSPS) is 16.7. The van der Waals surface area contributed by atoms with Crippen LogP contribution >= 0.6 is 23.2 Å². The molecule has 0 radical (unpaired) electrons. The van der Waals surface area contributed by atoms with E-state index >= 15 is 0 Å². The van der Waals surface area contributed by atoms with E-state index in [0.717, 1.165) is 41.4 Å². The van der Waals surface area contributed by atoms with E-state index in [1.165, 1.54) is 19.0 Å². The maximum Gasteiger partial charge on any atom is 0.274 e. The van der Waals surface area contributed by atoms with E-state index in [0.29, 0.717) is 41.3 Å². The fraction of sp³-hybridized carbons (Fsp3) is 0.320. The number of rotatable bonds is 5. The molecule has 1 saturated heterocycles. The Labute approximate surface area is 212 Å². The maximum absolute atomic E-state index is 12.8. The molecule has 1 amide bonds. The second-order valence-corrected chi connectivity index (χ2v) is 9.85. The summed E-state index contributed by atoms with van der Waals surface area (Å²) >= 11 is 12.7. The van der Waals surface area contributed by atoms with Gasteiger partial charge in [0.1, 0.15) is 5.69 Å². The first kappa shape index (κ1) is 22.4. The molecule has 6 rings (SSSR count). The van der Waals surface area contributed by atoms with E-state index in [9.17, 15) is 4.79 Å². The SMILES string of the molecule is O=C(c1cnccn1)N1CCN(Cc2c(-c3ccc(Cl)cc3Cl)nc3cnc(C4CC4)cn23)CC1. The minimum atomic E-state index is -0.0821. The molecule has 3 aromatic heterocycles. The molecule has 1 aromatic carbocycles. The first-order chi connectivity index (χ1) is 17.1. The minimum Gasteiger partial charge on any atom is -0.335 e. The van der Waals surface area contributed by atoms with Gasteiger partial charge in [0.05, 0.1) is 34.5 Å². The van der Waals surface area contributed by atoms with Crippen LogP contribution in [-0.4, -0.2) is 66.2 Å². The van der Waals surface area contributed by atoms with Gasteiger partial charge < -0.3 is 4.90 Å². The standard InChI is InChI=1S/C25H23Cl2N7O/c26-17-3-4-18(19(27)11-17)24-22(34-14-21(16-1-2-16)30-13-23(34)31-24)15-32-7-9-33(10-8-32)25(35)20-12-28-5-6-29-20/h3-6,11-14,16H,1-2,7-10,15H2. The van der Waals surface area contributed by atoms with Crippen molar-refractivity contribution in [2.24, 2.45) is 0 Å². The first-order valence-electron chi connectivity index (χ1n) is 11.7. The highest BCUT2D eigenvalue weighted by molar-refractivity contribution is 6.36. The number of piperazine rings is 1. The highest BCUT2D eigenvalue weighted by atomic mass is 35.5. The third-order valence-electron chi connectivity index (χ3n) is 6.62. The van der Waals surface area contributed by atoms with Crippen LogP contribution in [0.5, 0.6) is 0 Å². The molecule has 10 heteroatoms. The van der Waals surface area contributed by atoms with Gasteiger partial charge in [-0.25, -0.2) is 9.97 Å². The molecule has 0 atom stereocenters. The molecule has 0 N–H and O–H groups in total. The Bertz CT molecular complexity index is 1400. The van der Waals surface area contributed by atoms with Crippen LogP contribution in [-0.2, 0) is 6.54 Å². The highest BCUT2D eigenvalue weighted by Crippen LogP contribution is 2.39. The van der Waals surface area contributed by atoms with Crippen molar-refractivity contribution in [3.63, 3.8) is 0 Å². The van der Waals surface area contributed by atoms with Crippen LogP contribution in [0.3, 0.4) is 0 Å². The summed E-state index contributed by atoms with van der Waals surface area (Å²) in [5, 5.41) is 1.16. The number of fused-ring (bicyclic) bond motifs is 1. The van der Waals surface area contributed by atoms with E-state index in [1.54, 1.807) is 18.5 Å². The first-order valence-corrected chi connectivity index (χ1v) is 12.4. The van der Waals surface area contributed by atoms with E-state index in [4.69, 9.17) is 28.2 Å². The van der Waals surface area contributed by atoms with Gasteiger partial charge in [0, 0.05) is 67.8 Å². The zero-order valence-corrected chi connectivity index (χ0v) is 20.5. The van der Waals surface area contributed by atoms with Gasteiger partial charge in [-0.3, -0.25) is 24.1 Å². The summed E-state index contributed by atoms with van der Waals surface area (Å²) in [6.45, 7) is 3.41. The summed E-state index contributed by atoms with van der Waals surface area (Å²) in [4.78, 5) is 34.7. The van der Waals surface area contributed by atoms with Crippen LogP contribution < -0.4 is 0 Å². The number of hydrogen-bond acceptors (Lipinski definition) is 6. The Morgan fingerprint density at radius 3 is 2.57 bits per heavy atom. The van der Waals surface area contributed by atoms with E-state index in [-0.39, 0.29) is 5.91 Å². The largest absolute Gasteiger partial charge is 0.335 e. The molecule has 35 heavy (non-hydrogen) atoms. The number of amides is 1.